The third kappa shape index (κ3) is 5.33. The Kier molecular flexibility index (Phi) is 5.87. The smallest absolute Gasteiger partial charge is 0.395 e. The van der Waals surface area contributed by atoms with Crippen LogP contribution in [0, 0.1) is 11.8 Å². The minimum atomic E-state index is -4.36. The van der Waals surface area contributed by atoms with E-state index in [1.807, 2.05) is 0 Å². The van der Waals surface area contributed by atoms with Crippen molar-refractivity contribution in [3.05, 3.63) is 35.4 Å². The summed E-state index contributed by atoms with van der Waals surface area (Å²) < 4.78 is 41.8. The number of aliphatic hydroxyl groups excluding tert-OH is 1. The van der Waals surface area contributed by atoms with Gasteiger partial charge in [-0.15, -0.1) is 0 Å². The van der Waals surface area contributed by atoms with Gasteiger partial charge in [0.25, 0.3) is 0 Å². The second-order valence-corrected chi connectivity index (χ2v) is 3.93. The molecule has 19 heavy (non-hydrogen) atoms. The van der Waals surface area contributed by atoms with Gasteiger partial charge in [-0.1, -0.05) is 30.0 Å². The van der Waals surface area contributed by atoms with E-state index in [9.17, 15) is 13.2 Å². The van der Waals surface area contributed by atoms with Gasteiger partial charge in [-0.2, -0.15) is 13.2 Å². The van der Waals surface area contributed by atoms with Crippen molar-refractivity contribution in [3.63, 3.8) is 0 Å². The largest absolute Gasteiger partial charge is 0.414 e. The molecule has 0 heterocycles. The van der Waals surface area contributed by atoms with Crippen LogP contribution in [0.2, 0.25) is 0 Å². The van der Waals surface area contributed by atoms with Crippen LogP contribution in [-0.2, 0) is 11.3 Å². The zero-order valence-corrected chi connectivity index (χ0v) is 10.5. The SMILES string of the molecule is CC(OCc1ccccc1C#CCCO)C(F)(F)F. The quantitative estimate of drug-likeness (QED) is 0.854. The van der Waals surface area contributed by atoms with E-state index in [0.717, 1.165) is 6.92 Å². The molecule has 1 N–H and O–H groups in total. The molecule has 1 aromatic carbocycles. The van der Waals surface area contributed by atoms with Gasteiger partial charge in [0.15, 0.2) is 6.10 Å². The van der Waals surface area contributed by atoms with E-state index in [1.54, 1.807) is 24.3 Å². The van der Waals surface area contributed by atoms with Crippen molar-refractivity contribution in [2.75, 3.05) is 6.61 Å². The van der Waals surface area contributed by atoms with Crippen LogP contribution in [0.5, 0.6) is 0 Å². The maximum atomic E-state index is 12.3. The van der Waals surface area contributed by atoms with E-state index >= 15 is 0 Å². The molecule has 0 amide bonds. The highest BCUT2D eigenvalue weighted by Crippen LogP contribution is 2.23. The summed E-state index contributed by atoms with van der Waals surface area (Å²) in [4.78, 5) is 0. The Morgan fingerprint density at radius 1 is 1.32 bits per heavy atom. The number of rotatable bonds is 4. The lowest BCUT2D eigenvalue weighted by Crippen LogP contribution is -2.28. The Balaban J connectivity index is 2.71. The van der Waals surface area contributed by atoms with Crippen LogP contribution in [0.4, 0.5) is 13.2 Å². The second-order valence-electron chi connectivity index (χ2n) is 3.93. The van der Waals surface area contributed by atoms with E-state index in [-0.39, 0.29) is 13.2 Å². The monoisotopic (exact) mass is 272 g/mol. The molecule has 0 aliphatic rings. The molecule has 0 aliphatic heterocycles. The predicted molar refractivity (Wildman–Crippen MR) is 65.3 cm³/mol. The molecule has 0 bridgehead atoms. The Bertz CT molecular complexity index is 458. The molecule has 0 spiro atoms. The van der Waals surface area contributed by atoms with Crippen molar-refractivity contribution in [2.24, 2.45) is 0 Å². The fraction of sp³-hybridized carbons (Fsp3) is 0.429. The zero-order chi connectivity index (χ0) is 14.3. The van der Waals surface area contributed by atoms with Crippen molar-refractivity contribution in [1.82, 2.24) is 0 Å². The number of alkyl halides is 3. The molecule has 0 saturated heterocycles. The van der Waals surface area contributed by atoms with E-state index in [4.69, 9.17) is 9.84 Å². The van der Waals surface area contributed by atoms with Gasteiger partial charge in [0.2, 0.25) is 0 Å². The fourth-order valence-corrected chi connectivity index (χ4v) is 1.29. The molecule has 1 aromatic rings. The summed E-state index contributed by atoms with van der Waals surface area (Å²) in [7, 11) is 0. The highest BCUT2D eigenvalue weighted by molar-refractivity contribution is 5.40. The molecule has 0 aliphatic carbocycles. The lowest BCUT2D eigenvalue weighted by atomic mass is 10.1. The summed E-state index contributed by atoms with van der Waals surface area (Å²) >= 11 is 0. The van der Waals surface area contributed by atoms with Gasteiger partial charge >= 0.3 is 6.18 Å². The molecular weight excluding hydrogens is 257 g/mol. The number of aliphatic hydroxyl groups is 1. The molecule has 5 heteroatoms. The highest BCUT2D eigenvalue weighted by Gasteiger charge is 2.36. The van der Waals surface area contributed by atoms with Crippen LogP contribution >= 0.6 is 0 Å². The Labute approximate surface area is 110 Å². The second kappa shape index (κ2) is 7.17. The van der Waals surface area contributed by atoms with Crippen LogP contribution in [0.15, 0.2) is 24.3 Å². The van der Waals surface area contributed by atoms with Crippen LogP contribution in [0.3, 0.4) is 0 Å². The molecule has 1 rings (SSSR count). The zero-order valence-electron chi connectivity index (χ0n) is 10.5. The maximum Gasteiger partial charge on any atom is 0.414 e. The Hall–Kier alpha value is -1.51. The number of ether oxygens (including phenoxy) is 1. The van der Waals surface area contributed by atoms with Gasteiger partial charge in [0.05, 0.1) is 13.2 Å². The van der Waals surface area contributed by atoms with Gasteiger partial charge in [0.1, 0.15) is 0 Å². The van der Waals surface area contributed by atoms with Crippen LogP contribution in [-0.4, -0.2) is 24.0 Å². The summed E-state index contributed by atoms with van der Waals surface area (Å²) in [6, 6.07) is 6.85. The third-order valence-electron chi connectivity index (χ3n) is 2.43. The van der Waals surface area contributed by atoms with Crippen molar-refractivity contribution >= 4 is 0 Å². The predicted octanol–water partition coefficient (Wildman–Crippen LogP) is 2.89. The molecular formula is C14H15F3O2. The molecule has 1 atom stereocenters. The number of halogens is 3. The van der Waals surface area contributed by atoms with Gasteiger partial charge in [-0.3, -0.25) is 0 Å². The summed E-state index contributed by atoms with van der Waals surface area (Å²) in [5, 5.41) is 8.63. The summed E-state index contributed by atoms with van der Waals surface area (Å²) in [5.41, 5.74) is 1.22. The van der Waals surface area contributed by atoms with Crippen molar-refractivity contribution in [2.45, 2.75) is 32.2 Å². The standard InChI is InChI=1S/C14H15F3O2/c1-11(14(15,16)17)19-10-13-8-3-2-6-12(13)7-4-5-9-18/h2-3,6,8,11,18H,5,9-10H2,1H3. The van der Waals surface area contributed by atoms with Gasteiger partial charge in [0, 0.05) is 12.0 Å². The molecule has 2 nitrogen and oxygen atoms in total. The van der Waals surface area contributed by atoms with Crippen molar-refractivity contribution in [1.29, 1.82) is 0 Å². The average Bonchev–Trinajstić information content (AvgIpc) is 2.36. The van der Waals surface area contributed by atoms with E-state index < -0.39 is 12.3 Å². The highest BCUT2D eigenvalue weighted by atomic mass is 19.4. The topological polar surface area (TPSA) is 29.5 Å². The first-order valence-electron chi connectivity index (χ1n) is 5.81. The van der Waals surface area contributed by atoms with Crippen LogP contribution in [0.25, 0.3) is 0 Å². The summed E-state index contributed by atoms with van der Waals surface area (Å²) in [6.45, 7) is 0.779. The summed E-state index contributed by atoms with van der Waals surface area (Å²) in [5.74, 6) is 5.54. The number of hydrogen-bond acceptors (Lipinski definition) is 2. The lowest BCUT2D eigenvalue weighted by molar-refractivity contribution is -0.217. The minimum absolute atomic E-state index is 0.0449. The van der Waals surface area contributed by atoms with Gasteiger partial charge in [-0.25, -0.2) is 0 Å². The van der Waals surface area contributed by atoms with Crippen molar-refractivity contribution < 1.29 is 23.0 Å². The molecule has 0 saturated carbocycles. The molecule has 0 aromatic heterocycles. The van der Waals surface area contributed by atoms with Crippen LogP contribution in [0.1, 0.15) is 24.5 Å². The van der Waals surface area contributed by atoms with Gasteiger partial charge in [-0.05, 0) is 18.6 Å². The summed E-state index contributed by atoms with van der Waals surface area (Å²) in [6.07, 6.45) is -5.85. The number of benzene rings is 1. The molecule has 104 valence electrons. The maximum absolute atomic E-state index is 12.3. The van der Waals surface area contributed by atoms with E-state index in [0.29, 0.717) is 17.5 Å². The first-order valence-corrected chi connectivity index (χ1v) is 5.81. The van der Waals surface area contributed by atoms with Crippen molar-refractivity contribution in [3.8, 4) is 11.8 Å². The number of hydrogen-bond donors (Lipinski definition) is 1. The minimum Gasteiger partial charge on any atom is -0.395 e. The Morgan fingerprint density at radius 2 is 2.00 bits per heavy atom. The molecule has 1 unspecified atom stereocenters. The Morgan fingerprint density at radius 3 is 2.63 bits per heavy atom. The third-order valence-corrected chi connectivity index (χ3v) is 2.43. The molecule has 0 fully saturated rings. The first-order chi connectivity index (χ1) is 8.95. The first kappa shape index (κ1) is 15.5. The average molecular weight is 272 g/mol. The van der Waals surface area contributed by atoms with Gasteiger partial charge < -0.3 is 9.84 Å². The molecule has 0 radical (unpaired) electrons. The van der Waals surface area contributed by atoms with E-state index in [2.05, 4.69) is 11.8 Å². The normalized spacial score (nSPS) is 12.7. The fourth-order valence-electron chi connectivity index (χ4n) is 1.29. The lowest BCUT2D eigenvalue weighted by Gasteiger charge is -2.16. The van der Waals surface area contributed by atoms with E-state index in [1.165, 1.54) is 0 Å². The van der Waals surface area contributed by atoms with Crippen LogP contribution < -0.4 is 0 Å².